The Morgan fingerprint density at radius 1 is 0.854 bits per heavy atom. The van der Waals surface area contributed by atoms with Gasteiger partial charge < -0.3 is 14.5 Å². The highest BCUT2D eigenvalue weighted by Crippen LogP contribution is 2.41. The lowest BCUT2D eigenvalue weighted by Crippen LogP contribution is -2.27. The largest absolute Gasteiger partial charge is 0.489 e. The van der Waals surface area contributed by atoms with Crippen LogP contribution in [-0.2, 0) is 20.9 Å². The number of nitrogens with zero attached hydrogens (tertiary/aromatic N) is 2. The molecule has 0 unspecified atom stereocenters. The summed E-state index contributed by atoms with van der Waals surface area (Å²) in [6, 6.07) is 22.8. The van der Waals surface area contributed by atoms with E-state index in [1.54, 1.807) is 39.2 Å². The van der Waals surface area contributed by atoms with E-state index in [9.17, 15) is 14.4 Å². The molecule has 3 aromatic carbocycles. The minimum Gasteiger partial charge on any atom is -0.489 e. The number of hydrogen-bond acceptors (Lipinski definition) is 5. The highest BCUT2D eigenvalue weighted by Gasteiger charge is 2.39. The Hall–Kier alpha value is -5.11. The molecule has 0 fully saturated rings. The molecular formula is C33H29N3O5. The summed E-state index contributed by atoms with van der Waals surface area (Å²) >= 11 is 0. The molecule has 0 saturated carbocycles. The molecule has 8 heteroatoms. The molecule has 0 saturated heterocycles. The Labute approximate surface area is 236 Å². The van der Waals surface area contributed by atoms with Gasteiger partial charge in [-0.05, 0) is 44.5 Å². The summed E-state index contributed by atoms with van der Waals surface area (Å²) in [6.07, 6.45) is 2.75. The van der Waals surface area contributed by atoms with Crippen molar-refractivity contribution in [2.45, 2.75) is 33.0 Å². The first-order chi connectivity index (χ1) is 19.6. The van der Waals surface area contributed by atoms with Gasteiger partial charge in [0.1, 0.15) is 18.0 Å². The molecule has 0 aliphatic carbocycles. The smallest absolute Gasteiger partial charge is 0.419 e. The number of rotatable bonds is 5. The number of aromatic amines is 1. The number of imide groups is 1. The summed E-state index contributed by atoms with van der Waals surface area (Å²) < 4.78 is 13.0. The fourth-order valence-electron chi connectivity index (χ4n) is 5.13. The second-order valence-electron chi connectivity index (χ2n) is 11.0. The molecule has 1 aliphatic rings. The number of carbonyl (C=O) groups is 3. The van der Waals surface area contributed by atoms with Gasteiger partial charge in [0.2, 0.25) is 0 Å². The highest BCUT2D eigenvalue weighted by atomic mass is 16.6. The number of nitrogens with one attached hydrogen (secondary N) is 1. The maximum atomic E-state index is 13.6. The summed E-state index contributed by atoms with van der Waals surface area (Å²) in [5.74, 6) is -0.172. The van der Waals surface area contributed by atoms with Crippen LogP contribution < -0.4 is 4.74 Å². The normalized spacial score (nSPS) is 14.0. The SMILES string of the molecule is CN1C(=O)C(c2c[nH]c3cc(OCc4ccccc4)ccc23)=C(c2cn(C(=O)OC(C)(C)C)c3ccccc23)C1=O. The zero-order chi connectivity index (χ0) is 28.9. The van der Waals surface area contributed by atoms with Crippen LogP contribution in [0.4, 0.5) is 4.79 Å². The van der Waals surface area contributed by atoms with Crippen LogP contribution in [0.15, 0.2) is 85.2 Å². The van der Waals surface area contributed by atoms with E-state index in [0.717, 1.165) is 21.4 Å². The third kappa shape index (κ3) is 4.67. The van der Waals surface area contributed by atoms with Crippen LogP contribution in [0.1, 0.15) is 37.5 Å². The molecule has 2 amide bonds. The van der Waals surface area contributed by atoms with Crippen LogP contribution in [0.2, 0.25) is 0 Å². The zero-order valence-corrected chi connectivity index (χ0v) is 23.2. The fourth-order valence-corrected chi connectivity index (χ4v) is 5.13. The molecule has 1 N–H and O–H groups in total. The summed E-state index contributed by atoms with van der Waals surface area (Å²) in [5.41, 5.74) is 3.29. The number of benzene rings is 3. The number of fused-ring (bicyclic) bond motifs is 2. The average Bonchev–Trinajstić information content (AvgIpc) is 3.60. The van der Waals surface area contributed by atoms with E-state index in [1.807, 2.05) is 66.7 Å². The van der Waals surface area contributed by atoms with Crippen molar-refractivity contribution in [1.29, 1.82) is 0 Å². The lowest BCUT2D eigenvalue weighted by molar-refractivity contribution is -0.134. The van der Waals surface area contributed by atoms with Crippen molar-refractivity contribution < 1.29 is 23.9 Å². The lowest BCUT2D eigenvalue weighted by atomic mass is 9.95. The Morgan fingerprint density at radius 2 is 1.54 bits per heavy atom. The van der Waals surface area contributed by atoms with Gasteiger partial charge in [0.25, 0.3) is 11.8 Å². The van der Waals surface area contributed by atoms with Gasteiger partial charge in [-0.2, -0.15) is 0 Å². The summed E-state index contributed by atoms with van der Waals surface area (Å²) in [4.78, 5) is 44.6. The maximum Gasteiger partial charge on any atom is 0.419 e. The molecule has 3 heterocycles. The van der Waals surface area contributed by atoms with Crippen molar-refractivity contribution >= 4 is 50.9 Å². The molecule has 1 aliphatic heterocycles. The van der Waals surface area contributed by atoms with Gasteiger partial charge in [0, 0.05) is 52.9 Å². The van der Waals surface area contributed by atoms with E-state index in [2.05, 4.69) is 4.98 Å². The third-order valence-corrected chi connectivity index (χ3v) is 7.03. The molecule has 5 aromatic rings. The Balaban J connectivity index is 1.46. The van der Waals surface area contributed by atoms with Crippen molar-refractivity contribution in [1.82, 2.24) is 14.5 Å². The van der Waals surface area contributed by atoms with Gasteiger partial charge >= 0.3 is 6.09 Å². The monoisotopic (exact) mass is 547 g/mol. The second-order valence-corrected chi connectivity index (χ2v) is 11.0. The number of aromatic nitrogens is 2. The summed E-state index contributed by atoms with van der Waals surface area (Å²) in [7, 11) is 1.47. The predicted octanol–water partition coefficient (Wildman–Crippen LogP) is 6.39. The van der Waals surface area contributed by atoms with Gasteiger partial charge in [-0.25, -0.2) is 4.79 Å². The van der Waals surface area contributed by atoms with E-state index in [1.165, 1.54) is 11.6 Å². The van der Waals surface area contributed by atoms with Gasteiger partial charge in [-0.1, -0.05) is 48.5 Å². The summed E-state index contributed by atoms with van der Waals surface area (Å²) in [5, 5.41) is 1.44. The van der Waals surface area contributed by atoms with E-state index >= 15 is 0 Å². The quantitative estimate of drug-likeness (QED) is 0.257. The predicted molar refractivity (Wildman–Crippen MR) is 157 cm³/mol. The number of likely N-dealkylation sites (N-methyl/N-ethyl adjacent to an activating group) is 1. The molecule has 0 bridgehead atoms. The standard InChI is InChI=1S/C33H29N3O5/c1-33(2,3)41-32(39)36-18-25(23-12-8-9-13-27(23)36)29-28(30(37)35(4)31(29)38)24-17-34-26-16-21(14-15-22(24)26)40-19-20-10-6-5-7-11-20/h5-18,34H,19H2,1-4H3. The van der Waals surface area contributed by atoms with Crippen LogP contribution >= 0.6 is 0 Å². The van der Waals surface area contributed by atoms with Gasteiger partial charge in [-0.15, -0.1) is 0 Å². The van der Waals surface area contributed by atoms with Crippen molar-refractivity contribution in [3.63, 3.8) is 0 Å². The number of H-pyrrole nitrogens is 1. The van der Waals surface area contributed by atoms with Gasteiger partial charge in [0.15, 0.2) is 0 Å². The van der Waals surface area contributed by atoms with Crippen LogP contribution in [0, 0.1) is 0 Å². The molecular weight excluding hydrogens is 518 g/mol. The number of carbonyl (C=O) groups excluding carboxylic acids is 3. The maximum absolute atomic E-state index is 13.6. The zero-order valence-electron chi connectivity index (χ0n) is 23.2. The third-order valence-electron chi connectivity index (χ3n) is 7.03. The van der Waals surface area contributed by atoms with Crippen LogP contribution in [-0.4, -0.2) is 45.0 Å². The first-order valence-electron chi connectivity index (χ1n) is 13.3. The van der Waals surface area contributed by atoms with Crippen LogP contribution in [0.3, 0.4) is 0 Å². The molecule has 2 aromatic heterocycles. The topological polar surface area (TPSA) is 93.6 Å². The molecule has 41 heavy (non-hydrogen) atoms. The number of amides is 2. The Morgan fingerprint density at radius 3 is 2.27 bits per heavy atom. The van der Waals surface area contributed by atoms with Crippen LogP contribution in [0.5, 0.6) is 5.75 Å². The van der Waals surface area contributed by atoms with E-state index in [0.29, 0.717) is 34.4 Å². The average molecular weight is 548 g/mol. The van der Waals surface area contributed by atoms with E-state index in [4.69, 9.17) is 9.47 Å². The molecule has 6 rings (SSSR count). The second kappa shape index (κ2) is 9.82. The van der Waals surface area contributed by atoms with Crippen LogP contribution in [0.25, 0.3) is 33.0 Å². The molecule has 0 spiro atoms. The number of hydrogen-bond donors (Lipinski definition) is 1. The summed E-state index contributed by atoms with van der Waals surface area (Å²) in [6.45, 7) is 5.80. The van der Waals surface area contributed by atoms with E-state index < -0.39 is 23.5 Å². The molecule has 206 valence electrons. The minimum absolute atomic E-state index is 0.237. The molecule has 0 radical (unpaired) electrons. The number of para-hydroxylation sites is 1. The molecule has 8 nitrogen and oxygen atoms in total. The number of ether oxygens (including phenoxy) is 2. The highest BCUT2D eigenvalue weighted by molar-refractivity contribution is 6.50. The molecule has 0 atom stereocenters. The Bertz CT molecular complexity index is 1870. The fraction of sp³-hybridized carbons (Fsp3) is 0.182. The first-order valence-corrected chi connectivity index (χ1v) is 13.3. The van der Waals surface area contributed by atoms with Crippen molar-refractivity contribution in [3.8, 4) is 5.75 Å². The lowest BCUT2D eigenvalue weighted by Gasteiger charge is -2.19. The minimum atomic E-state index is -0.708. The first kappa shape index (κ1) is 26.1. The van der Waals surface area contributed by atoms with Gasteiger partial charge in [0.05, 0.1) is 16.7 Å². The van der Waals surface area contributed by atoms with Gasteiger partial charge in [-0.3, -0.25) is 19.1 Å². The Kier molecular flexibility index (Phi) is 6.26. The van der Waals surface area contributed by atoms with Crippen molar-refractivity contribution in [2.24, 2.45) is 0 Å². The van der Waals surface area contributed by atoms with Crippen molar-refractivity contribution in [3.05, 3.63) is 102 Å². The van der Waals surface area contributed by atoms with Crippen molar-refractivity contribution in [2.75, 3.05) is 7.05 Å². The van der Waals surface area contributed by atoms with E-state index in [-0.39, 0.29) is 11.1 Å².